The second-order valence-corrected chi connectivity index (χ2v) is 7.51. The van der Waals surface area contributed by atoms with Gasteiger partial charge in [0.1, 0.15) is 18.4 Å². The molecule has 2 heterocycles. The molecule has 1 aromatic heterocycles. The van der Waals surface area contributed by atoms with Crippen molar-refractivity contribution in [1.29, 1.82) is 0 Å². The van der Waals surface area contributed by atoms with Crippen LogP contribution < -0.4 is 16.8 Å². The van der Waals surface area contributed by atoms with E-state index >= 15 is 0 Å². The highest BCUT2D eigenvalue weighted by Crippen LogP contribution is 2.40. The fraction of sp³-hybridized carbons (Fsp3) is 0.526. The van der Waals surface area contributed by atoms with E-state index in [2.05, 4.69) is 5.32 Å². The van der Waals surface area contributed by atoms with Crippen LogP contribution in [-0.4, -0.2) is 67.5 Å². The summed E-state index contributed by atoms with van der Waals surface area (Å²) in [7, 11) is 5.34. The predicted octanol–water partition coefficient (Wildman–Crippen LogP) is -0.0840. The number of Topliss-reactive ketones (excluding diaryl/α,β-unsaturated/α-hetero) is 2. The molecule has 10 heteroatoms. The summed E-state index contributed by atoms with van der Waals surface area (Å²) in [5, 5.41) is 3.08. The van der Waals surface area contributed by atoms with Crippen molar-refractivity contribution in [3.05, 3.63) is 33.8 Å². The Morgan fingerprint density at radius 2 is 2.00 bits per heavy atom. The molecule has 1 aliphatic carbocycles. The molecule has 29 heavy (non-hydrogen) atoms. The van der Waals surface area contributed by atoms with Crippen LogP contribution in [0.3, 0.4) is 0 Å². The first-order valence-electron chi connectivity index (χ1n) is 9.33. The Balaban J connectivity index is 2.09. The average Bonchev–Trinajstić information content (AvgIpc) is 3.13. The van der Waals surface area contributed by atoms with Crippen molar-refractivity contribution in [3.8, 4) is 0 Å². The van der Waals surface area contributed by atoms with E-state index in [9.17, 15) is 14.4 Å². The van der Waals surface area contributed by atoms with E-state index in [1.165, 1.54) is 7.11 Å². The van der Waals surface area contributed by atoms with Crippen LogP contribution in [0.4, 0.5) is 4.79 Å². The fourth-order valence-corrected chi connectivity index (χ4v) is 3.97. The second-order valence-electron chi connectivity index (χ2n) is 7.51. The van der Waals surface area contributed by atoms with Crippen molar-refractivity contribution in [2.75, 3.05) is 34.3 Å². The molecular weight excluding hydrogens is 378 g/mol. The largest absolute Gasteiger partial charge is 0.445 e. The molecule has 10 nitrogen and oxygen atoms in total. The van der Waals surface area contributed by atoms with Crippen molar-refractivity contribution in [2.24, 2.45) is 11.5 Å². The molecule has 0 fully saturated rings. The second kappa shape index (κ2) is 7.97. The van der Waals surface area contributed by atoms with Gasteiger partial charge in [0.2, 0.25) is 11.6 Å². The van der Waals surface area contributed by atoms with Gasteiger partial charge in [-0.15, -0.1) is 0 Å². The van der Waals surface area contributed by atoms with Crippen molar-refractivity contribution < 1.29 is 23.9 Å². The van der Waals surface area contributed by atoms with Gasteiger partial charge in [0.15, 0.2) is 0 Å². The number of ether oxygens (including phenoxy) is 2. The number of hydrogen-bond donors (Lipinski definition) is 3. The number of primary amides is 1. The summed E-state index contributed by atoms with van der Waals surface area (Å²) in [5.41, 5.74) is 13.4. The van der Waals surface area contributed by atoms with Crippen LogP contribution >= 0.6 is 0 Å². The standard InChI is InChI=1S/C19H27N5O5/c1-9-13(22-5-6-23(2)3)17(26)12-10(8-29-19(21)27)14-18(28-4)11(20)7-24(14)15(12)16(9)25/h11,18,22H,5-8,20H2,1-4H3,(H2,21,27)/t11-,18+/m0/s1. The summed E-state index contributed by atoms with van der Waals surface area (Å²) in [6.45, 7) is 2.90. The molecule has 0 radical (unpaired) electrons. The third-order valence-electron chi connectivity index (χ3n) is 5.32. The van der Waals surface area contributed by atoms with Crippen LogP contribution in [0.25, 0.3) is 0 Å². The van der Waals surface area contributed by atoms with E-state index < -0.39 is 12.2 Å². The molecule has 0 aromatic carbocycles. The fourth-order valence-electron chi connectivity index (χ4n) is 3.97. The lowest BCUT2D eigenvalue weighted by atomic mass is 9.89. The minimum Gasteiger partial charge on any atom is -0.445 e. The maximum absolute atomic E-state index is 13.4. The minimum atomic E-state index is -0.972. The first-order chi connectivity index (χ1) is 13.7. The van der Waals surface area contributed by atoms with Gasteiger partial charge in [-0.05, 0) is 21.0 Å². The van der Waals surface area contributed by atoms with E-state index in [4.69, 9.17) is 20.9 Å². The smallest absolute Gasteiger partial charge is 0.404 e. The molecule has 3 rings (SSSR count). The summed E-state index contributed by atoms with van der Waals surface area (Å²) >= 11 is 0. The zero-order valence-electron chi connectivity index (χ0n) is 17.1. The Hall–Kier alpha value is -2.69. The van der Waals surface area contributed by atoms with Gasteiger partial charge in [-0.25, -0.2) is 4.79 Å². The first-order valence-corrected chi connectivity index (χ1v) is 9.33. The van der Waals surface area contributed by atoms with Crippen LogP contribution in [-0.2, 0) is 22.6 Å². The SMILES string of the molecule is CO[C@H]1c2c(COC(N)=O)c3c(n2C[C@@H]1N)C(=O)C(C)=C(NCCN(C)C)C3=O. The van der Waals surface area contributed by atoms with Crippen molar-refractivity contribution in [2.45, 2.75) is 32.2 Å². The molecule has 5 N–H and O–H groups in total. The van der Waals surface area contributed by atoms with E-state index in [1.807, 2.05) is 19.0 Å². The van der Waals surface area contributed by atoms with Crippen LogP contribution in [0.5, 0.6) is 0 Å². The number of carbonyl (C=O) groups excluding carboxylic acids is 3. The van der Waals surface area contributed by atoms with E-state index in [-0.39, 0.29) is 41.2 Å². The molecule has 1 aromatic rings. The summed E-state index contributed by atoms with van der Waals surface area (Å²) in [4.78, 5) is 39.7. The third-order valence-corrected chi connectivity index (χ3v) is 5.32. The number of rotatable bonds is 7. The zero-order valence-corrected chi connectivity index (χ0v) is 17.1. The van der Waals surface area contributed by atoms with Gasteiger partial charge in [0.05, 0.1) is 23.0 Å². The van der Waals surface area contributed by atoms with E-state index in [1.54, 1.807) is 11.5 Å². The topological polar surface area (TPSA) is 142 Å². The van der Waals surface area contributed by atoms with E-state index in [0.29, 0.717) is 36.5 Å². The molecule has 158 valence electrons. The van der Waals surface area contributed by atoms with Gasteiger partial charge in [0.25, 0.3) is 0 Å². The number of ketones is 2. The number of nitrogens with one attached hydrogen (secondary N) is 1. The van der Waals surface area contributed by atoms with Crippen molar-refractivity contribution >= 4 is 17.7 Å². The predicted molar refractivity (Wildman–Crippen MR) is 104 cm³/mol. The number of amides is 1. The number of carbonyl (C=O) groups is 3. The Kier molecular flexibility index (Phi) is 5.78. The number of aromatic nitrogens is 1. The van der Waals surface area contributed by atoms with Crippen LogP contribution in [0.15, 0.2) is 11.3 Å². The lowest BCUT2D eigenvalue weighted by Crippen LogP contribution is -2.35. The molecule has 0 saturated carbocycles. The molecule has 2 aliphatic rings. The third kappa shape index (κ3) is 3.54. The quantitative estimate of drug-likeness (QED) is 0.572. The van der Waals surface area contributed by atoms with Crippen molar-refractivity contribution in [3.63, 3.8) is 0 Å². The highest BCUT2D eigenvalue weighted by molar-refractivity contribution is 6.26. The zero-order chi connectivity index (χ0) is 21.5. The molecule has 0 bridgehead atoms. The van der Waals surface area contributed by atoms with Gasteiger partial charge in [0, 0.05) is 37.9 Å². The molecule has 0 unspecified atom stereocenters. The van der Waals surface area contributed by atoms with Crippen LogP contribution in [0.2, 0.25) is 0 Å². The lowest BCUT2D eigenvalue weighted by Gasteiger charge is -2.22. The van der Waals surface area contributed by atoms with Crippen molar-refractivity contribution in [1.82, 2.24) is 14.8 Å². The molecule has 1 amide bonds. The van der Waals surface area contributed by atoms with Gasteiger partial charge >= 0.3 is 6.09 Å². The summed E-state index contributed by atoms with van der Waals surface area (Å²) in [6, 6.07) is -0.389. The van der Waals surface area contributed by atoms with Crippen LogP contribution in [0, 0.1) is 0 Å². The Bertz CT molecular complexity index is 901. The number of methoxy groups -OCH3 is 1. The lowest BCUT2D eigenvalue weighted by molar-refractivity contribution is 0.0871. The number of nitrogens with zero attached hydrogens (tertiary/aromatic N) is 2. The molecule has 1 aliphatic heterocycles. The number of nitrogens with two attached hydrogens (primary N) is 2. The average molecular weight is 405 g/mol. The monoisotopic (exact) mass is 405 g/mol. The first kappa shape index (κ1) is 21.0. The van der Waals surface area contributed by atoms with Crippen LogP contribution in [0.1, 0.15) is 45.1 Å². The molecule has 2 atom stereocenters. The highest BCUT2D eigenvalue weighted by atomic mass is 16.5. The van der Waals surface area contributed by atoms with E-state index in [0.717, 1.165) is 0 Å². The summed E-state index contributed by atoms with van der Waals surface area (Å²) in [6.07, 6.45) is -1.50. The maximum Gasteiger partial charge on any atom is 0.404 e. The summed E-state index contributed by atoms with van der Waals surface area (Å²) in [5.74, 6) is -0.577. The number of allylic oxidation sites excluding steroid dienone is 2. The Morgan fingerprint density at radius 3 is 2.59 bits per heavy atom. The maximum atomic E-state index is 13.4. The number of likely N-dealkylation sites (N-methyl/N-ethyl adjacent to an activating group) is 1. The minimum absolute atomic E-state index is 0.221. The van der Waals surface area contributed by atoms with Gasteiger partial charge in [-0.3, -0.25) is 9.59 Å². The number of fused-ring (bicyclic) bond motifs is 3. The normalized spacial score (nSPS) is 20.9. The molecular formula is C19H27N5O5. The van der Waals surface area contributed by atoms with Gasteiger partial charge in [-0.2, -0.15) is 0 Å². The summed E-state index contributed by atoms with van der Waals surface area (Å²) < 4.78 is 12.2. The molecule has 0 saturated heterocycles. The molecule has 0 spiro atoms. The van der Waals surface area contributed by atoms with Gasteiger partial charge < -0.3 is 35.7 Å². The number of hydrogen-bond acceptors (Lipinski definition) is 8. The highest BCUT2D eigenvalue weighted by Gasteiger charge is 2.44. The Labute approximate surface area is 168 Å². The Morgan fingerprint density at radius 1 is 1.31 bits per heavy atom. The van der Waals surface area contributed by atoms with Gasteiger partial charge in [-0.1, -0.05) is 0 Å².